The second-order valence-corrected chi connectivity index (χ2v) is 16.2. The average molecular weight is 608 g/mol. The Bertz CT molecular complexity index is 1570. The highest BCUT2D eigenvalue weighted by molar-refractivity contribution is 6.74. The molecule has 1 aromatic carbocycles. The summed E-state index contributed by atoms with van der Waals surface area (Å²) in [6, 6.07) is 5.72. The average Bonchev–Trinajstić information content (AvgIpc) is 3.47. The van der Waals surface area contributed by atoms with Gasteiger partial charge in [-0.3, -0.25) is 4.68 Å². The van der Waals surface area contributed by atoms with Crippen molar-refractivity contribution in [3.8, 4) is 33.8 Å². The van der Waals surface area contributed by atoms with Crippen LogP contribution in [0.15, 0.2) is 47.5 Å². The number of benzene rings is 1. The smallest absolute Gasteiger partial charge is 0.433 e. The first-order valence-corrected chi connectivity index (χ1v) is 15.9. The van der Waals surface area contributed by atoms with Crippen molar-refractivity contribution >= 4 is 25.9 Å². The Morgan fingerprint density at radius 2 is 1.90 bits per heavy atom. The van der Waals surface area contributed by atoms with Gasteiger partial charge in [-0.25, -0.2) is 14.8 Å². The standard InChI is InChI=1S/C27H29ClF3N5O4Si/c1-15(40-41(5,6)26(2,3)4)13-36-24(27(29,30)31)18(12-34-36)23-20(19-10-11-32-14-33-19)22(35-39-23)16-8-7-9-17(21(16)28)25(37)38/h7-12,14-15H,13H2,1-6H3,(H,37,38)/t15-/m1/s1. The second kappa shape index (κ2) is 11.0. The van der Waals surface area contributed by atoms with Gasteiger partial charge < -0.3 is 14.1 Å². The molecule has 0 aliphatic carbocycles. The van der Waals surface area contributed by atoms with Gasteiger partial charge in [-0.2, -0.15) is 18.3 Å². The summed E-state index contributed by atoms with van der Waals surface area (Å²) in [4.78, 5) is 19.8. The molecule has 3 heterocycles. The Morgan fingerprint density at radius 3 is 2.49 bits per heavy atom. The molecule has 0 amide bonds. The highest BCUT2D eigenvalue weighted by atomic mass is 35.5. The van der Waals surface area contributed by atoms with Gasteiger partial charge in [0.05, 0.1) is 46.3 Å². The molecule has 14 heteroatoms. The van der Waals surface area contributed by atoms with Crippen LogP contribution >= 0.6 is 11.6 Å². The summed E-state index contributed by atoms with van der Waals surface area (Å²) >= 11 is 6.40. The van der Waals surface area contributed by atoms with Crippen LogP contribution in [0, 0.1) is 0 Å². The lowest BCUT2D eigenvalue weighted by Gasteiger charge is -2.38. The molecule has 0 fully saturated rings. The fraction of sp³-hybridized carbons (Fsp3) is 0.370. The van der Waals surface area contributed by atoms with E-state index in [1.807, 2.05) is 33.9 Å². The van der Waals surface area contributed by atoms with Crippen LogP contribution in [0.25, 0.3) is 33.8 Å². The predicted octanol–water partition coefficient (Wildman–Crippen LogP) is 7.44. The molecule has 0 unspecified atom stereocenters. The van der Waals surface area contributed by atoms with E-state index in [4.69, 9.17) is 20.6 Å². The molecule has 1 N–H and O–H groups in total. The molecule has 0 spiro atoms. The predicted molar refractivity (Wildman–Crippen MR) is 149 cm³/mol. The maximum absolute atomic E-state index is 14.6. The third-order valence-electron chi connectivity index (χ3n) is 7.10. The second-order valence-electron chi connectivity index (χ2n) is 11.1. The van der Waals surface area contributed by atoms with Crippen LogP contribution < -0.4 is 0 Å². The Morgan fingerprint density at radius 1 is 1.20 bits per heavy atom. The first-order valence-electron chi connectivity index (χ1n) is 12.6. The van der Waals surface area contributed by atoms with Gasteiger partial charge in [0.2, 0.25) is 0 Å². The molecule has 0 aliphatic heterocycles. The van der Waals surface area contributed by atoms with E-state index in [9.17, 15) is 23.1 Å². The molecule has 41 heavy (non-hydrogen) atoms. The number of nitrogens with zero attached hydrogens (tertiary/aromatic N) is 5. The molecule has 0 bridgehead atoms. The zero-order valence-corrected chi connectivity index (χ0v) is 25.0. The van der Waals surface area contributed by atoms with Gasteiger partial charge >= 0.3 is 12.1 Å². The van der Waals surface area contributed by atoms with Crippen LogP contribution in [-0.2, 0) is 17.1 Å². The van der Waals surface area contributed by atoms with E-state index >= 15 is 0 Å². The topological polar surface area (TPSA) is 116 Å². The van der Waals surface area contributed by atoms with Crippen LogP contribution in [0.2, 0.25) is 23.2 Å². The van der Waals surface area contributed by atoms with Crippen molar-refractivity contribution in [2.24, 2.45) is 0 Å². The molecular formula is C27H29ClF3N5O4Si. The monoisotopic (exact) mass is 607 g/mol. The molecule has 3 aromatic heterocycles. The zero-order chi connectivity index (χ0) is 30.3. The third-order valence-corrected chi connectivity index (χ3v) is 12.1. The lowest BCUT2D eigenvalue weighted by molar-refractivity contribution is -0.144. The zero-order valence-electron chi connectivity index (χ0n) is 23.2. The number of carbonyl (C=O) groups is 1. The first kappa shape index (κ1) is 30.4. The summed E-state index contributed by atoms with van der Waals surface area (Å²) in [6.07, 6.45) is -1.69. The molecule has 218 valence electrons. The van der Waals surface area contributed by atoms with Gasteiger partial charge in [0, 0.05) is 11.8 Å². The van der Waals surface area contributed by atoms with Crippen molar-refractivity contribution in [2.75, 3.05) is 0 Å². The van der Waals surface area contributed by atoms with Crippen LogP contribution in [0.4, 0.5) is 13.2 Å². The Labute approximate surface area is 240 Å². The number of hydrogen-bond acceptors (Lipinski definition) is 7. The summed E-state index contributed by atoms with van der Waals surface area (Å²) in [5, 5.41) is 17.3. The van der Waals surface area contributed by atoms with E-state index < -0.39 is 32.3 Å². The Kier molecular flexibility index (Phi) is 8.18. The van der Waals surface area contributed by atoms with E-state index in [1.54, 1.807) is 6.92 Å². The highest BCUT2D eigenvalue weighted by Gasteiger charge is 2.42. The van der Waals surface area contributed by atoms with Crippen LogP contribution in [0.1, 0.15) is 43.7 Å². The van der Waals surface area contributed by atoms with Crippen molar-refractivity contribution in [3.63, 3.8) is 0 Å². The van der Waals surface area contributed by atoms with Crippen molar-refractivity contribution in [3.05, 3.63) is 59.3 Å². The molecular weight excluding hydrogens is 579 g/mol. The number of rotatable bonds is 8. The molecule has 0 aliphatic rings. The van der Waals surface area contributed by atoms with Crippen molar-refractivity contribution < 1.29 is 32.0 Å². The summed E-state index contributed by atoms with van der Waals surface area (Å²) < 4.78 is 56.5. The third kappa shape index (κ3) is 6.06. The summed E-state index contributed by atoms with van der Waals surface area (Å²) in [6.45, 7) is 11.8. The van der Waals surface area contributed by atoms with Crippen molar-refractivity contribution in [1.29, 1.82) is 0 Å². The fourth-order valence-electron chi connectivity index (χ4n) is 4.16. The van der Waals surface area contributed by atoms with Gasteiger partial charge in [0.15, 0.2) is 19.8 Å². The van der Waals surface area contributed by atoms with Crippen LogP contribution in [0.3, 0.4) is 0 Å². The van der Waals surface area contributed by atoms with E-state index in [1.165, 1.54) is 36.8 Å². The minimum Gasteiger partial charge on any atom is -0.478 e. The minimum atomic E-state index is -4.82. The highest BCUT2D eigenvalue weighted by Crippen LogP contribution is 2.46. The van der Waals surface area contributed by atoms with Crippen LogP contribution in [-0.4, -0.2) is 50.4 Å². The molecule has 0 saturated heterocycles. The molecule has 4 aromatic rings. The lowest BCUT2D eigenvalue weighted by atomic mass is 9.98. The minimum absolute atomic E-state index is 0.0160. The fourth-order valence-corrected chi connectivity index (χ4v) is 5.89. The summed E-state index contributed by atoms with van der Waals surface area (Å²) in [5.41, 5.74) is -1.19. The number of hydrogen-bond donors (Lipinski definition) is 1. The summed E-state index contributed by atoms with van der Waals surface area (Å²) in [7, 11) is -2.27. The molecule has 1 atom stereocenters. The Balaban J connectivity index is 1.88. The SMILES string of the molecule is C[C@H](Cn1ncc(-c2onc(-c3cccc(C(=O)O)c3Cl)c2-c2ccncn2)c1C(F)(F)F)O[Si](C)(C)C(C)(C)C. The van der Waals surface area contributed by atoms with Crippen LogP contribution in [0.5, 0.6) is 0 Å². The first-order chi connectivity index (χ1) is 19.0. The van der Waals surface area contributed by atoms with Gasteiger partial charge in [-0.15, -0.1) is 0 Å². The van der Waals surface area contributed by atoms with E-state index in [0.717, 1.165) is 10.9 Å². The van der Waals surface area contributed by atoms with Gasteiger partial charge in [0.25, 0.3) is 0 Å². The molecule has 9 nitrogen and oxygen atoms in total. The van der Waals surface area contributed by atoms with E-state index in [-0.39, 0.29) is 56.0 Å². The number of carboxylic acids is 1. The number of halogens is 4. The molecule has 0 radical (unpaired) electrons. The van der Waals surface area contributed by atoms with E-state index in [2.05, 4.69) is 20.2 Å². The summed E-state index contributed by atoms with van der Waals surface area (Å²) in [5.74, 6) is -1.54. The van der Waals surface area contributed by atoms with Crippen molar-refractivity contribution in [1.82, 2.24) is 24.9 Å². The molecule has 4 rings (SSSR count). The Hall–Kier alpha value is -3.55. The van der Waals surface area contributed by atoms with Gasteiger partial charge in [0.1, 0.15) is 12.0 Å². The number of carboxylic acid groups (broad SMARTS) is 1. The quantitative estimate of drug-likeness (QED) is 0.205. The lowest BCUT2D eigenvalue weighted by Crippen LogP contribution is -2.44. The van der Waals surface area contributed by atoms with Gasteiger partial charge in [-0.05, 0) is 37.2 Å². The molecule has 0 saturated carbocycles. The number of alkyl halides is 3. The normalized spacial score (nSPS) is 13.4. The van der Waals surface area contributed by atoms with Crippen molar-refractivity contribution in [2.45, 2.75) is 64.7 Å². The largest absolute Gasteiger partial charge is 0.478 e. The maximum atomic E-state index is 14.6. The maximum Gasteiger partial charge on any atom is 0.433 e. The number of aromatic carboxylic acids is 1. The van der Waals surface area contributed by atoms with E-state index in [0.29, 0.717) is 0 Å². The van der Waals surface area contributed by atoms with Gasteiger partial charge in [-0.1, -0.05) is 49.7 Å². The number of aromatic nitrogens is 5.